The van der Waals surface area contributed by atoms with Gasteiger partial charge in [0.1, 0.15) is 4.32 Å². The van der Waals surface area contributed by atoms with Crippen LogP contribution in [0, 0.1) is 10.1 Å². The van der Waals surface area contributed by atoms with Crippen LogP contribution in [-0.4, -0.2) is 50.1 Å². The monoisotopic (exact) mass is 493 g/mol. The predicted molar refractivity (Wildman–Crippen MR) is 131 cm³/mol. The lowest BCUT2D eigenvalue weighted by molar-refractivity contribution is -0.384. The lowest BCUT2D eigenvalue weighted by Gasteiger charge is -2.14. The summed E-state index contributed by atoms with van der Waals surface area (Å²) in [5.41, 5.74) is 0.679. The van der Waals surface area contributed by atoms with Crippen LogP contribution in [0.15, 0.2) is 29.2 Å². The number of amides is 2. The molecule has 1 saturated heterocycles. The van der Waals surface area contributed by atoms with Crippen LogP contribution >= 0.6 is 24.0 Å². The maximum absolute atomic E-state index is 12.6. The SMILES string of the molecule is O=C(O)CCCCCNC(=O)CCCCCN1C(=O)/C(=C/c2ccc([N+](=O)[O-])cc2)SC1=S. The number of hydrogen-bond donors (Lipinski definition) is 2. The zero-order valence-corrected chi connectivity index (χ0v) is 19.8. The molecule has 0 saturated carbocycles. The van der Waals surface area contributed by atoms with Gasteiger partial charge in [0.25, 0.3) is 11.6 Å². The Labute approximate surface area is 201 Å². The van der Waals surface area contributed by atoms with Gasteiger partial charge >= 0.3 is 5.97 Å². The first-order chi connectivity index (χ1) is 15.8. The number of nitrogens with one attached hydrogen (secondary N) is 1. The van der Waals surface area contributed by atoms with E-state index in [0.29, 0.717) is 47.1 Å². The third kappa shape index (κ3) is 9.30. The molecular formula is C22H27N3O6S2. The Morgan fingerprint density at radius 2 is 1.76 bits per heavy atom. The van der Waals surface area contributed by atoms with Crippen molar-refractivity contribution >= 4 is 57.8 Å². The summed E-state index contributed by atoms with van der Waals surface area (Å²) in [7, 11) is 0. The number of thiocarbonyl (C=S) groups is 1. The molecule has 178 valence electrons. The van der Waals surface area contributed by atoms with E-state index in [1.54, 1.807) is 23.1 Å². The molecule has 0 spiro atoms. The molecule has 9 nitrogen and oxygen atoms in total. The molecule has 2 rings (SSSR count). The smallest absolute Gasteiger partial charge is 0.303 e. The Morgan fingerprint density at radius 1 is 1.09 bits per heavy atom. The molecule has 0 unspecified atom stereocenters. The van der Waals surface area contributed by atoms with E-state index in [4.69, 9.17) is 17.3 Å². The van der Waals surface area contributed by atoms with Crippen LogP contribution in [0.3, 0.4) is 0 Å². The van der Waals surface area contributed by atoms with Gasteiger partial charge in [0, 0.05) is 38.1 Å². The number of carbonyl (C=O) groups is 3. The number of nitro benzene ring substituents is 1. The van der Waals surface area contributed by atoms with Crippen LogP contribution in [-0.2, 0) is 14.4 Å². The second kappa shape index (κ2) is 13.7. The third-order valence-electron chi connectivity index (χ3n) is 4.95. The van der Waals surface area contributed by atoms with Crippen LogP contribution in [0.25, 0.3) is 6.08 Å². The summed E-state index contributed by atoms with van der Waals surface area (Å²) >= 11 is 6.53. The second-order valence-corrected chi connectivity index (χ2v) is 9.22. The summed E-state index contributed by atoms with van der Waals surface area (Å²) in [6, 6.07) is 5.96. The average Bonchev–Trinajstić information content (AvgIpc) is 3.03. The number of carboxylic acid groups (broad SMARTS) is 1. The second-order valence-electron chi connectivity index (χ2n) is 7.55. The Bertz CT molecular complexity index is 917. The summed E-state index contributed by atoms with van der Waals surface area (Å²) < 4.78 is 0.480. The van der Waals surface area contributed by atoms with Gasteiger partial charge in [-0.3, -0.25) is 29.4 Å². The van der Waals surface area contributed by atoms with E-state index in [9.17, 15) is 24.5 Å². The number of nitro groups is 1. The van der Waals surface area contributed by atoms with E-state index in [-0.39, 0.29) is 23.9 Å². The summed E-state index contributed by atoms with van der Waals surface area (Å²) in [5.74, 6) is -1.00. The maximum atomic E-state index is 12.6. The molecule has 1 aliphatic heterocycles. The Balaban J connectivity index is 1.65. The highest BCUT2D eigenvalue weighted by molar-refractivity contribution is 8.26. The van der Waals surface area contributed by atoms with Gasteiger partial charge < -0.3 is 10.4 Å². The van der Waals surface area contributed by atoms with Gasteiger partial charge in [-0.15, -0.1) is 0 Å². The van der Waals surface area contributed by atoms with E-state index >= 15 is 0 Å². The zero-order valence-electron chi connectivity index (χ0n) is 18.2. The molecule has 0 atom stereocenters. The summed E-state index contributed by atoms with van der Waals surface area (Å²) in [6.45, 7) is 1.03. The molecule has 1 aliphatic rings. The number of benzene rings is 1. The molecule has 2 N–H and O–H groups in total. The first-order valence-electron chi connectivity index (χ1n) is 10.8. The van der Waals surface area contributed by atoms with Crippen LogP contribution in [0.2, 0.25) is 0 Å². The number of rotatable bonds is 14. The number of carbonyl (C=O) groups excluding carboxylic acids is 2. The predicted octanol–water partition coefficient (Wildman–Crippen LogP) is 4.12. The normalized spacial score (nSPS) is 14.7. The quantitative estimate of drug-likeness (QED) is 0.130. The van der Waals surface area contributed by atoms with E-state index in [2.05, 4.69) is 5.32 Å². The molecule has 1 heterocycles. The fraction of sp³-hybridized carbons (Fsp3) is 0.455. The lowest BCUT2D eigenvalue weighted by atomic mass is 10.1. The summed E-state index contributed by atoms with van der Waals surface area (Å²) in [6.07, 6.45) is 6.61. The van der Waals surface area contributed by atoms with Gasteiger partial charge in [0.05, 0.1) is 9.83 Å². The minimum Gasteiger partial charge on any atom is -0.481 e. The minimum atomic E-state index is -0.800. The number of unbranched alkanes of at least 4 members (excludes halogenated alkanes) is 4. The molecule has 0 radical (unpaired) electrons. The number of aliphatic carboxylic acids is 1. The van der Waals surface area contributed by atoms with Crippen LogP contribution in [0.1, 0.15) is 56.9 Å². The highest BCUT2D eigenvalue weighted by Gasteiger charge is 2.31. The van der Waals surface area contributed by atoms with Gasteiger partial charge in [0.15, 0.2) is 0 Å². The fourth-order valence-corrected chi connectivity index (χ4v) is 4.47. The molecule has 1 aromatic rings. The first kappa shape index (κ1) is 26.5. The molecule has 11 heteroatoms. The van der Waals surface area contributed by atoms with Gasteiger partial charge in [0.2, 0.25) is 5.91 Å². The van der Waals surface area contributed by atoms with Crippen LogP contribution in [0.4, 0.5) is 5.69 Å². The Morgan fingerprint density at radius 3 is 2.42 bits per heavy atom. The number of thioether (sulfide) groups is 1. The van der Waals surface area contributed by atoms with Gasteiger partial charge in [-0.2, -0.15) is 0 Å². The zero-order chi connectivity index (χ0) is 24.2. The van der Waals surface area contributed by atoms with Crippen molar-refractivity contribution in [1.82, 2.24) is 10.2 Å². The van der Waals surface area contributed by atoms with E-state index < -0.39 is 10.9 Å². The van der Waals surface area contributed by atoms with Gasteiger partial charge in [-0.1, -0.05) is 36.8 Å². The van der Waals surface area contributed by atoms with Gasteiger partial charge in [-0.05, 0) is 49.5 Å². The highest BCUT2D eigenvalue weighted by atomic mass is 32.2. The number of non-ortho nitro benzene ring substituents is 1. The Hall–Kier alpha value is -2.79. The fourth-order valence-electron chi connectivity index (χ4n) is 3.16. The molecular weight excluding hydrogens is 466 g/mol. The number of hydrogen-bond acceptors (Lipinski definition) is 7. The first-order valence-corrected chi connectivity index (χ1v) is 12.0. The van der Waals surface area contributed by atoms with Crippen molar-refractivity contribution in [1.29, 1.82) is 0 Å². The molecule has 2 amide bonds. The van der Waals surface area contributed by atoms with Crippen molar-refractivity contribution in [3.05, 3.63) is 44.8 Å². The molecule has 0 bridgehead atoms. The van der Waals surface area contributed by atoms with E-state index in [1.807, 2.05) is 0 Å². The van der Waals surface area contributed by atoms with Gasteiger partial charge in [-0.25, -0.2) is 0 Å². The summed E-state index contributed by atoms with van der Waals surface area (Å²) in [4.78, 5) is 47.2. The standard InChI is InChI=1S/C22H27N3O6S2/c26-19(23-13-5-1-4-8-20(27)28)7-3-2-6-14-24-21(29)18(33-22(24)32)15-16-9-11-17(12-10-16)25(30)31/h9-12,15H,1-8,13-14H2,(H,23,26)(H,27,28)/b18-15-. The molecule has 33 heavy (non-hydrogen) atoms. The van der Waals surface area contributed by atoms with Crippen molar-refractivity contribution < 1.29 is 24.4 Å². The maximum Gasteiger partial charge on any atom is 0.303 e. The molecule has 0 aromatic heterocycles. The summed E-state index contributed by atoms with van der Waals surface area (Å²) in [5, 5.41) is 22.2. The van der Waals surface area contributed by atoms with Crippen LogP contribution < -0.4 is 5.32 Å². The molecule has 0 aliphatic carbocycles. The Kier molecular flexibility index (Phi) is 11.0. The van der Waals surface area contributed by atoms with Crippen LogP contribution in [0.5, 0.6) is 0 Å². The van der Waals surface area contributed by atoms with Crippen molar-refractivity contribution in [2.45, 2.75) is 51.4 Å². The number of nitrogens with zero attached hydrogens (tertiary/aromatic N) is 2. The van der Waals surface area contributed by atoms with Crippen molar-refractivity contribution in [3.8, 4) is 0 Å². The molecule has 1 fully saturated rings. The lowest BCUT2D eigenvalue weighted by Crippen LogP contribution is -2.29. The van der Waals surface area contributed by atoms with E-state index in [0.717, 1.165) is 25.7 Å². The molecule has 1 aromatic carbocycles. The number of carboxylic acids is 1. The minimum absolute atomic E-state index is 0.0101. The third-order valence-corrected chi connectivity index (χ3v) is 6.33. The average molecular weight is 494 g/mol. The topological polar surface area (TPSA) is 130 Å². The highest BCUT2D eigenvalue weighted by Crippen LogP contribution is 2.33. The largest absolute Gasteiger partial charge is 0.481 e. The van der Waals surface area contributed by atoms with Crippen molar-refractivity contribution in [2.75, 3.05) is 13.1 Å². The van der Waals surface area contributed by atoms with Crippen molar-refractivity contribution in [2.24, 2.45) is 0 Å². The van der Waals surface area contributed by atoms with E-state index in [1.165, 1.54) is 23.9 Å². The van der Waals surface area contributed by atoms with Crippen molar-refractivity contribution in [3.63, 3.8) is 0 Å².